The predicted octanol–water partition coefficient (Wildman–Crippen LogP) is 2.91. The highest BCUT2D eigenvalue weighted by Gasteiger charge is 2.02. The first-order valence-electron chi connectivity index (χ1n) is 7.31. The second kappa shape index (κ2) is 9.91. The lowest BCUT2D eigenvalue weighted by molar-refractivity contribution is -0.137. The third kappa shape index (κ3) is 8.78. The Hall–Kier alpha value is -1.91. The highest BCUT2D eigenvalue weighted by molar-refractivity contribution is 5.76. The number of carbonyl (C=O) groups is 2. The fraction of sp³-hybridized carbons (Fsp3) is 0.500. The number of hydrogen-bond acceptors (Lipinski definition) is 2. The van der Waals surface area contributed by atoms with Gasteiger partial charge < -0.3 is 10.4 Å². The summed E-state index contributed by atoms with van der Waals surface area (Å²) in [5.74, 6) is -1.04. The average molecular weight is 295 g/mol. The molecular formula is C16H22FNO3. The molecule has 1 aromatic rings. The maximum Gasteiger partial charge on any atom is 0.303 e. The summed E-state index contributed by atoms with van der Waals surface area (Å²) in [4.78, 5) is 21.9. The second-order valence-corrected chi connectivity index (χ2v) is 5.03. The van der Waals surface area contributed by atoms with Crippen LogP contribution in [0.15, 0.2) is 24.3 Å². The van der Waals surface area contributed by atoms with Crippen LogP contribution in [-0.2, 0) is 16.0 Å². The molecule has 0 spiro atoms. The van der Waals surface area contributed by atoms with Crippen LogP contribution >= 0.6 is 0 Å². The molecule has 21 heavy (non-hydrogen) atoms. The quantitative estimate of drug-likeness (QED) is 0.652. The largest absolute Gasteiger partial charge is 0.481 e. The van der Waals surface area contributed by atoms with Gasteiger partial charge in [0.05, 0.1) is 0 Å². The van der Waals surface area contributed by atoms with Crippen LogP contribution in [0.25, 0.3) is 0 Å². The molecule has 1 aromatic carbocycles. The molecule has 0 aliphatic rings. The van der Waals surface area contributed by atoms with Gasteiger partial charge in [-0.1, -0.05) is 25.0 Å². The van der Waals surface area contributed by atoms with Crippen molar-refractivity contribution in [1.82, 2.24) is 5.32 Å². The molecule has 0 heterocycles. The van der Waals surface area contributed by atoms with Crippen molar-refractivity contribution in [3.05, 3.63) is 35.6 Å². The number of halogens is 1. The van der Waals surface area contributed by atoms with E-state index in [2.05, 4.69) is 5.32 Å². The molecule has 0 saturated heterocycles. The minimum atomic E-state index is -0.760. The standard InChI is InChI=1S/C16H22FNO3/c17-14-9-6-13(7-10-14)8-11-15(19)18-12-4-2-1-3-5-16(20)21/h6-7,9-10H,1-5,8,11-12H2,(H,18,19)(H,20,21). The molecule has 4 nitrogen and oxygen atoms in total. The maximum absolute atomic E-state index is 12.7. The highest BCUT2D eigenvalue weighted by atomic mass is 19.1. The number of carbonyl (C=O) groups excluding carboxylic acids is 1. The fourth-order valence-electron chi connectivity index (χ4n) is 1.98. The Morgan fingerprint density at radius 1 is 1.00 bits per heavy atom. The molecule has 0 aliphatic heterocycles. The van der Waals surface area contributed by atoms with Crippen LogP contribution in [0, 0.1) is 5.82 Å². The van der Waals surface area contributed by atoms with Gasteiger partial charge in [-0.25, -0.2) is 4.39 Å². The molecule has 0 aromatic heterocycles. The minimum absolute atomic E-state index is 0.00939. The van der Waals surface area contributed by atoms with Crippen LogP contribution < -0.4 is 5.32 Å². The van der Waals surface area contributed by atoms with Crippen LogP contribution in [0.2, 0.25) is 0 Å². The normalized spacial score (nSPS) is 10.3. The Morgan fingerprint density at radius 3 is 2.33 bits per heavy atom. The van der Waals surface area contributed by atoms with E-state index in [9.17, 15) is 14.0 Å². The number of carboxylic acid groups (broad SMARTS) is 1. The van der Waals surface area contributed by atoms with E-state index in [1.807, 2.05) is 0 Å². The summed E-state index contributed by atoms with van der Waals surface area (Å²) in [6, 6.07) is 6.16. The Balaban J connectivity index is 2.01. The van der Waals surface area contributed by atoms with Gasteiger partial charge in [0.25, 0.3) is 0 Å². The number of aliphatic carboxylic acids is 1. The third-order valence-electron chi connectivity index (χ3n) is 3.19. The van der Waals surface area contributed by atoms with Crippen molar-refractivity contribution >= 4 is 11.9 Å². The molecule has 2 N–H and O–H groups in total. The van der Waals surface area contributed by atoms with E-state index >= 15 is 0 Å². The van der Waals surface area contributed by atoms with E-state index in [1.54, 1.807) is 12.1 Å². The molecule has 0 bridgehead atoms. The van der Waals surface area contributed by atoms with Crippen molar-refractivity contribution in [2.24, 2.45) is 0 Å². The molecule has 1 rings (SSSR count). The van der Waals surface area contributed by atoms with Crippen molar-refractivity contribution in [3.8, 4) is 0 Å². The third-order valence-corrected chi connectivity index (χ3v) is 3.19. The Kier molecular flexibility index (Phi) is 8.09. The number of benzene rings is 1. The van der Waals surface area contributed by atoms with E-state index < -0.39 is 5.97 Å². The number of amides is 1. The van der Waals surface area contributed by atoms with Gasteiger partial charge in [0.15, 0.2) is 0 Å². The zero-order valence-corrected chi connectivity index (χ0v) is 12.1. The summed E-state index contributed by atoms with van der Waals surface area (Å²) < 4.78 is 12.7. The molecule has 0 saturated carbocycles. The Labute approximate surface area is 124 Å². The molecule has 116 valence electrons. The van der Waals surface area contributed by atoms with E-state index in [4.69, 9.17) is 5.11 Å². The van der Waals surface area contributed by atoms with Gasteiger partial charge in [0, 0.05) is 19.4 Å². The monoisotopic (exact) mass is 295 g/mol. The first-order chi connectivity index (χ1) is 10.1. The van der Waals surface area contributed by atoms with Gasteiger partial charge >= 0.3 is 5.97 Å². The topological polar surface area (TPSA) is 66.4 Å². The van der Waals surface area contributed by atoms with Crippen LogP contribution in [0.4, 0.5) is 4.39 Å². The number of aryl methyl sites for hydroxylation is 1. The van der Waals surface area contributed by atoms with Gasteiger partial charge in [0.2, 0.25) is 5.91 Å². The molecule has 0 aliphatic carbocycles. The van der Waals surface area contributed by atoms with Gasteiger partial charge in [-0.2, -0.15) is 0 Å². The minimum Gasteiger partial charge on any atom is -0.481 e. The SMILES string of the molecule is O=C(O)CCCCCCNC(=O)CCc1ccc(F)cc1. The lowest BCUT2D eigenvalue weighted by atomic mass is 10.1. The molecule has 5 heteroatoms. The first kappa shape index (κ1) is 17.1. The smallest absolute Gasteiger partial charge is 0.303 e. The average Bonchev–Trinajstić information content (AvgIpc) is 2.45. The maximum atomic E-state index is 12.7. The van der Waals surface area contributed by atoms with Crippen LogP contribution in [0.3, 0.4) is 0 Å². The number of unbranched alkanes of at least 4 members (excludes halogenated alkanes) is 3. The summed E-state index contributed by atoms with van der Waals surface area (Å²) in [5, 5.41) is 11.3. The van der Waals surface area contributed by atoms with Gasteiger partial charge in [-0.15, -0.1) is 0 Å². The van der Waals surface area contributed by atoms with Gasteiger partial charge in [-0.05, 0) is 37.0 Å². The summed E-state index contributed by atoms with van der Waals surface area (Å²) in [6.45, 7) is 0.620. The van der Waals surface area contributed by atoms with E-state index in [1.165, 1.54) is 12.1 Å². The van der Waals surface area contributed by atoms with Gasteiger partial charge in [0.1, 0.15) is 5.82 Å². The lowest BCUT2D eigenvalue weighted by Gasteiger charge is -2.05. The molecule has 0 unspecified atom stereocenters. The molecular weight excluding hydrogens is 273 g/mol. The molecule has 0 radical (unpaired) electrons. The molecule has 1 amide bonds. The predicted molar refractivity (Wildman–Crippen MR) is 78.5 cm³/mol. The van der Waals surface area contributed by atoms with E-state index in [0.29, 0.717) is 25.8 Å². The summed E-state index contributed by atoms with van der Waals surface area (Å²) >= 11 is 0. The highest BCUT2D eigenvalue weighted by Crippen LogP contribution is 2.06. The van der Waals surface area contributed by atoms with Crippen molar-refractivity contribution in [3.63, 3.8) is 0 Å². The number of nitrogens with one attached hydrogen (secondary N) is 1. The zero-order chi connectivity index (χ0) is 15.5. The first-order valence-corrected chi connectivity index (χ1v) is 7.31. The number of rotatable bonds is 10. The lowest BCUT2D eigenvalue weighted by Crippen LogP contribution is -2.24. The Bertz CT molecular complexity index is 445. The van der Waals surface area contributed by atoms with Crippen LogP contribution in [-0.4, -0.2) is 23.5 Å². The van der Waals surface area contributed by atoms with Crippen LogP contribution in [0.5, 0.6) is 0 Å². The van der Waals surface area contributed by atoms with Crippen molar-refractivity contribution in [2.45, 2.75) is 44.9 Å². The number of hydrogen-bond donors (Lipinski definition) is 2. The van der Waals surface area contributed by atoms with Crippen molar-refractivity contribution in [1.29, 1.82) is 0 Å². The van der Waals surface area contributed by atoms with E-state index in [0.717, 1.165) is 24.8 Å². The summed E-state index contributed by atoms with van der Waals surface area (Å²) in [7, 11) is 0. The fourth-order valence-corrected chi connectivity index (χ4v) is 1.98. The molecule has 0 fully saturated rings. The summed E-state index contributed by atoms with van der Waals surface area (Å²) in [5.41, 5.74) is 0.945. The summed E-state index contributed by atoms with van der Waals surface area (Å²) in [6.07, 6.45) is 4.55. The van der Waals surface area contributed by atoms with Crippen molar-refractivity contribution < 1.29 is 19.1 Å². The second-order valence-electron chi connectivity index (χ2n) is 5.03. The van der Waals surface area contributed by atoms with Gasteiger partial charge in [-0.3, -0.25) is 9.59 Å². The Morgan fingerprint density at radius 2 is 1.67 bits per heavy atom. The zero-order valence-electron chi connectivity index (χ0n) is 12.1. The molecule has 0 atom stereocenters. The number of carboxylic acids is 1. The van der Waals surface area contributed by atoms with E-state index in [-0.39, 0.29) is 18.1 Å². The van der Waals surface area contributed by atoms with Crippen molar-refractivity contribution in [2.75, 3.05) is 6.54 Å². The van der Waals surface area contributed by atoms with Crippen LogP contribution in [0.1, 0.15) is 44.1 Å².